The SMILES string of the molecule is CN=C(NCCCS(=O)(=O)c1ccccc1)N1CCN(C(=O)c2ccco2)CC1. The number of piperazine rings is 1. The molecule has 1 aromatic carbocycles. The molecule has 0 spiro atoms. The Balaban J connectivity index is 1.44. The van der Waals surface area contributed by atoms with Crippen molar-refractivity contribution in [2.24, 2.45) is 4.99 Å². The molecule has 0 atom stereocenters. The van der Waals surface area contributed by atoms with Crippen LogP contribution in [-0.4, -0.2) is 75.6 Å². The van der Waals surface area contributed by atoms with Gasteiger partial charge in [0.05, 0.1) is 16.9 Å². The summed E-state index contributed by atoms with van der Waals surface area (Å²) in [5.41, 5.74) is 0. The van der Waals surface area contributed by atoms with Crippen LogP contribution < -0.4 is 5.32 Å². The topological polar surface area (TPSA) is 95.2 Å². The largest absolute Gasteiger partial charge is 0.459 e. The average molecular weight is 419 g/mol. The summed E-state index contributed by atoms with van der Waals surface area (Å²) in [5.74, 6) is 1.03. The second kappa shape index (κ2) is 9.60. The van der Waals surface area contributed by atoms with Crippen LogP contribution in [0.15, 0.2) is 63.0 Å². The van der Waals surface area contributed by atoms with Gasteiger partial charge in [0.25, 0.3) is 5.91 Å². The van der Waals surface area contributed by atoms with E-state index in [1.54, 1.807) is 54.4 Å². The maximum absolute atomic E-state index is 12.3. The van der Waals surface area contributed by atoms with Gasteiger partial charge in [-0.15, -0.1) is 0 Å². The number of rotatable bonds is 6. The lowest BCUT2D eigenvalue weighted by molar-refractivity contribution is 0.0658. The normalized spacial score (nSPS) is 15.4. The third-order valence-electron chi connectivity index (χ3n) is 4.79. The van der Waals surface area contributed by atoms with Crippen molar-refractivity contribution in [1.29, 1.82) is 0 Å². The van der Waals surface area contributed by atoms with Gasteiger partial charge in [0.15, 0.2) is 21.6 Å². The summed E-state index contributed by atoms with van der Waals surface area (Å²) in [6, 6.07) is 11.8. The number of hydrogen-bond donors (Lipinski definition) is 1. The number of furan rings is 1. The van der Waals surface area contributed by atoms with Crippen LogP contribution in [0.25, 0.3) is 0 Å². The van der Waals surface area contributed by atoms with E-state index in [4.69, 9.17) is 4.42 Å². The first-order chi connectivity index (χ1) is 14.0. The van der Waals surface area contributed by atoms with E-state index in [0.29, 0.717) is 55.8 Å². The molecule has 1 aliphatic rings. The van der Waals surface area contributed by atoms with Crippen molar-refractivity contribution in [1.82, 2.24) is 15.1 Å². The van der Waals surface area contributed by atoms with E-state index in [-0.39, 0.29) is 11.7 Å². The van der Waals surface area contributed by atoms with Crippen LogP contribution in [0.3, 0.4) is 0 Å². The number of carbonyl (C=O) groups is 1. The minimum absolute atomic E-state index is 0.0758. The van der Waals surface area contributed by atoms with Crippen molar-refractivity contribution in [2.75, 3.05) is 45.5 Å². The highest BCUT2D eigenvalue weighted by atomic mass is 32.2. The van der Waals surface area contributed by atoms with Crippen LogP contribution >= 0.6 is 0 Å². The molecule has 3 rings (SSSR count). The number of hydrogen-bond acceptors (Lipinski definition) is 5. The third kappa shape index (κ3) is 5.38. The number of sulfone groups is 1. The molecule has 2 aromatic rings. The lowest BCUT2D eigenvalue weighted by atomic mass is 10.3. The molecule has 0 radical (unpaired) electrons. The van der Waals surface area contributed by atoms with E-state index < -0.39 is 9.84 Å². The fourth-order valence-corrected chi connectivity index (χ4v) is 4.55. The van der Waals surface area contributed by atoms with Gasteiger partial charge in [0.2, 0.25) is 0 Å². The summed E-state index contributed by atoms with van der Waals surface area (Å²) >= 11 is 0. The van der Waals surface area contributed by atoms with Crippen molar-refractivity contribution in [3.63, 3.8) is 0 Å². The standard InChI is InChI=1S/C20H26N4O4S/c1-21-20(22-10-6-16-29(26,27)17-7-3-2-4-8-17)24-13-11-23(12-14-24)19(25)18-9-5-15-28-18/h2-5,7-9,15H,6,10-14,16H2,1H3,(H,21,22). The Kier molecular flexibility index (Phi) is 6.92. The van der Waals surface area contributed by atoms with Gasteiger partial charge in [0.1, 0.15) is 0 Å². The number of benzene rings is 1. The van der Waals surface area contributed by atoms with Gasteiger partial charge < -0.3 is 19.5 Å². The van der Waals surface area contributed by atoms with Crippen LogP contribution in [0.4, 0.5) is 0 Å². The number of guanidine groups is 1. The summed E-state index contributed by atoms with van der Waals surface area (Å²) < 4.78 is 29.8. The zero-order chi connectivity index (χ0) is 20.7. The van der Waals surface area contributed by atoms with Crippen molar-refractivity contribution in [3.05, 3.63) is 54.5 Å². The number of carbonyl (C=O) groups excluding carboxylic acids is 1. The highest BCUT2D eigenvalue weighted by Crippen LogP contribution is 2.11. The van der Waals surface area contributed by atoms with Gasteiger partial charge >= 0.3 is 0 Å². The van der Waals surface area contributed by atoms with Gasteiger partial charge in [-0.05, 0) is 30.7 Å². The summed E-state index contributed by atoms with van der Waals surface area (Å²) in [7, 11) is -1.58. The molecule has 156 valence electrons. The molecule has 29 heavy (non-hydrogen) atoms. The Morgan fingerprint density at radius 3 is 2.38 bits per heavy atom. The zero-order valence-corrected chi connectivity index (χ0v) is 17.3. The highest BCUT2D eigenvalue weighted by molar-refractivity contribution is 7.91. The first-order valence-electron chi connectivity index (χ1n) is 9.57. The summed E-state index contributed by atoms with van der Waals surface area (Å²) in [4.78, 5) is 20.8. The van der Waals surface area contributed by atoms with E-state index in [1.807, 2.05) is 0 Å². The summed E-state index contributed by atoms with van der Waals surface area (Å²) in [5, 5.41) is 3.22. The monoisotopic (exact) mass is 418 g/mol. The van der Waals surface area contributed by atoms with Crippen LogP contribution in [0.1, 0.15) is 17.0 Å². The van der Waals surface area contributed by atoms with Crippen molar-refractivity contribution in [2.45, 2.75) is 11.3 Å². The van der Waals surface area contributed by atoms with Gasteiger partial charge in [-0.25, -0.2) is 8.42 Å². The molecule has 0 saturated carbocycles. The number of aliphatic imine (C=N–C) groups is 1. The van der Waals surface area contributed by atoms with E-state index in [9.17, 15) is 13.2 Å². The fraction of sp³-hybridized carbons (Fsp3) is 0.400. The molecule has 8 nitrogen and oxygen atoms in total. The van der Waals surface area contributed by atoms with Crippen LogP contribution in [-0.2, 0) is 9.84 Å². The second-order valence-corrected chi connectivity index (χ2v) is 8.83. The Morgan fingerprint density at radius 2 is 1.76 bits per heavy atom. The van der Waals surface area contributed by atoms with Crippen LogP contribution in [0, 0.1) is 0 Å². The third-order valence-corrected chi connectivity index (χ3v) is 6.60. The van der Waals surface area contributed by atoms with Crippen LogP contribution in [0.2, 0.25) is 0 Å². The molecule has 9 heteroatoms. The van der Waals surface area contributed by atoms with Crippen LogP contribution in [0.5, 0.6) is 0 Å². The van der Waals surface area contributed by atoms with Gasteiger partial charge in [-0.2, -0.15) is 0 Å². The maximum Gasteiger partial charge on any atom is 0.289 e. The quantitative estimate of drug-likeness (QED) is 0.434. The van der Waals surface area contributed by atoms with E-state index in [0.717, 1.165) is 0 Å². The molecule has 1 saturated heterocycles. The first kappa shape index (κ1) is 20.9. The number of nitrogens with zero attached hydrogens (tertiary/aromatic N) is 3. The van der Waals surface area contributed by atoms with Gasteiger partial charge in [0, 0.05) is 39.8 Å². The minimum Gasteiger partial charge on any atom is -0.459 e. The molecule has 1 N–H and O–H groups in total. The Bertz CT molecular complexity index is 919. The summed E-state index contributed by atoms with van der Waals surface area (Å²) in [6.45, 7) is 2.94. The van der Waals surface area contributed by atoms with Crippen molar-refractivity contribution >= 4 is 21.7 Å². The molecule has 1 fully saturated rings. The zero-order valence-electron chi connectivity index (χ0n) is 16.5. The predicted molar refractivity (Wildman–Crippen MR) is 111 cm³/mol. The average Bonchev–Trinajstić information content (AvgIpc) is 3.29. The number of amides is 1. The van der Waals surface area contributed by atoms with Crippen molar-refractivity contribution in [3.8, 4) is 0 Å². The molecule has 1 aromatic heterocycles. The van der Waals surface area contributed by atoms with Gasteiger partial charge in [-0.1, -0.05) is 18.2 Å². The molecule has 1 amide bonds. The van der Waals surface area contributed by atoms with E-state index in [1.165, 1.54) is 6.26 Å². The smallest absolute Gasteiger partial charge is 0.289 e. The molecule has 1 aliphatic heterocycles. The minimum atomic E-state index is -3.27. The second-order valence-electron chi connectivity index (χ2n) is 6.72. The number of nitrogens with one attached hydrogen (secondary N) is 1. The van der Waals surface area contributed by atoms with Gasteiger partial charge in [-0.3, -0.25) is 9.79 Å². The van der Waals surface area contributed by atoms with E-state index in [2.05, 4.69) is 15.2 Å². The van der Waals surface area contributed by atoms with E-state index >= 15 is 0 Å². The Morgan fingerprint density at radius 1 is 1.07 bits per heavy atom. The molecule has 0 bridgehead atoms. The highest BCUT2D eigenvalue weighted by Gasteiger charge is 2.25. The first-order valence-corrected chi connectivity index (χ1v) is 11.2. The fourth-order valence-electron chi connectivity index (χ4n) is 3.22. The molecular formula is C20H26N4O4S. The lowest BCUT2D eigenvalue weighted by Gasteiger charge is -2.36. The van der Waals surface area contributed by atoms with Crippen molar-refractivity contribution < 1.29 is 17.6 Å². The molecule has 2 heterocycles. The predicted octanol–water partition coefficient (Wildman–Crippen LogP) is 1.48. The molecular weight excluding hydrogens is 392 g/mol. The lowest BCUT2D eigenvalue weighted by Crippen LogP contribution is -2.53. The molecule has 0 aliphatic carbocycles. The Hall–Kier alpha value is -2.81. The Labute approximate surface area is 171 Å². The maximum atomic E-state index is 12.3. The molecule has 0 unspecified atom stereocenters. The summed E-state index contributed by atoms with van der Waals surface area (Å²) in [6.07, 6.45) is 1.97.